The molecule has 0 unspecified atom stereocenters. The first kappa shape index (κ1) is 16.0. The van der Waals surface area contributed by atoms with Gasteiger partial charge in [-0.05, 0) is 36.6 Å². The highest BCUT2D eigenvalue weighted by molar-refractivity contribution is 8.14. The first-order valence-electron chi connectivity index (χ1n) is 8.61. The Morgan fingerprint density at radius 3 is 2.75 bits per heavy atom. The van der Waals surface area contributed by atoms with Crippen LogP contribution in [0.5, 0.6) is 0 Å². The van der Waals surface area contributed by atoms with Gasteiger partial charge in [0.1, 0.15) is 5.04 Å². The molecule has 2 heterocycles. The first-order valence-corrected chi connectivity index (χ1v) is 9.60. The number of aliphatic hydroxyl groups excluding tert-OH is 2. The number of nitrogens with zero attached hydrogens (tertiary/aromatic N) is 1. The van der Waals surface area contributed by atoms with Gasteiger partial charge in [0, 0.05) is 17.2 Å². The highest BCUT2D eigenvalue weighted by atomic mass is 32.2. The van der Waals surface area contributed by atoms with E-state index in [1.165, 1.54) is 25.7 Å². The lowest BCUT2D eigenvalue weighted by molar-refractivity contribution is 0.277. The summed E-state index contributed by atoms with van der Waals surface area (Å²) in [7, 11) is 0. The van der Waals surface area contributed by atoms with Crippen LogP contribution in [0.4, 0.5) is 5.69 Å². The van der Waals surface area contributed by atoms with Crippen LogP contribution in [0.3, 0.4) is 0 Å². The van der Waals surface area contributed by atoms with Crippen molar-refractivity contribution in [2.45, 2.75) is 44.4 Å². The van der Waals surface area contributed by atoms with E-state index < -0.39 is 0 Å². The summed E-state index contributed by atoms with van der Waals surface area (Å²) < 4.78 is 0. The molecule has 24 heavy (non-hydrogen) atoms. The van der Waals surface area contributed by atoms with Crippen LogP contribution >= 0.6 is 11.8 Å². The minimum atomic E-state index is 0.000462. The molecule has 0 spiro atoms. The van der Waals surface area contributed by atoms with Gasteiger partial charge in [-0.25, -0.2) is 0 Å². The van der Waals surface area contributed by atoms with Crippen LogP contribution < -0.4 is 5.32 Å². The molecule has 0 radical (unpaired) electrons. The fourth-order valence-corrected chi connectivity index (χ4v) is 4.59. The highest BCUT2D eigenvalue weighted by Gasteiger charge is 2.21. The lowest BCUT2D eigenvalue weighted by atomic mass is 10.1. The number of aliphatic hydroxyl groups is 2. The minimum absolute atomic E-state index is 0.000462. The van der Waals surface area contributed by atoms with Gasteiger partial charge in [-0.3, -0.25) is 4.99 Å². The van der Waals surface area contributed by atoms with Crippen molar-refractivity contribution in [2.75, 3.05) is 17.7 Å². The van der Waals surface area contributed by atoms with E-state index >= 15 is 0 Å². The summed E-state index contributed by atoms with van der Waals surface area (Å²) in [6.45, 7) is 0.137. The Kier molecular flexibility index (Phi) is 4.52. The number of aromatic nitrogens is 1. The van der Waals surface area contributed by atoms with Crippen LogP contribution in [0, 0.1) is 0 Å². The van der Waals surface area contributed by atoms with E-state index in [1.807, 2.05) is 12.1 Å². The highest BCUT2D eigenvalue weighted by Crippen LogP contribution is 2.32. The smallest absolute Gasteiger partial charge is 0.115 e. The Morgan fingerprint density at radius 1 is 1.21 bits per heavy atom. The van der Waals surface area contributed by atoms with Crippen molar-refractivity contribution in [2.24, 2.45) is 4.99 Å². The van der Waals surface area contributed by atoms with E-state index in [0.717, 1.165) is 38.6 Å². The second-order valence-electron chi connectivity index (χ2n) is 6.66. The number of anilines is 1. The minimum Gasteiger partial charge on any atom is -0.394 e. The Morgan fingerprint density at radius 2 is 2.04 bits per heavy atom. The summed E-state index contributed by atoms with van der Waals surface area (Å²) in [5.74, 6) is 0.830. The zero-order valence-electron chi connectivity index (χ0n) is 13.6. The van der Waals surface area contributed by atoms with Gasteiger partial charge in [0.15, 0.2) is 0 Å². The quantitative estimate of drug-likeness (QED) is 0.672. The molecule has 1 aromatic carbocycles. The maximum Gasteiger partial charge on any atom is 0.115 e. The Bertz CT molecular complexity index is 765. The largest absolute Gasteiger partial charge is 0.394 e. The molecule has 4 rings (SSSR count). The van der Waals surface area contributed by atoms with E-state index in [2.05, 4.69) is 21.4 Å². The van der Waals surface area contributed by atoms with E-state index in [9.17, 15) is 10.2 Å². The zero-order chi connectivity index (χ0) is 16.5. The van der Waals surface area contributed by atoms with Crippen LogP contribution in [0.1, 0.15) is 36.9 Å². The molecule has 4 N–H and O–H groups in total. The zero-order valence-corrected chi connectivity index (χ0v) is 14.4. The third kappa shape index (κ3) is 3.06. The molecule has 1 atom stereocenters. The third-order valence-electron chi connectivity index (χ3n) is 4.84. The molecule has 0 amide bonds. The van der Waals surface area contributed by atoms with Crippen LogP contribution in [-0.2, 0) is 6.61 Å². The lowest BCUT2D eigenvalue weighted by Gasteiger charge is -2.15. The Hall–Kier alpha value is -1.50. The van der Waals surface area contributed by atoms with Crippen LogP contribution in [-0.4, -0.2) is 44.7 Å². The number of aromatic amines is 1. The normalized spacial score (nSPS) is 21.6. The average molecular weight is 345 g/mol. The van der Waals surface area contributed by atoms with Crippen molar-refractivity contribution in [1.29, 1.82) is 0 Å². The number of thioether (sulfide) groups is 1. The number of fused-ring (bicyclic) bond motifs is 1. The molecular weight excluding hydrogens is 322 g/mol. The fourth-order valence-electron chi connectivity index (χ4n) is 3.57. The second kappa shape index (κ2) is 6.78. The van der Waals surface area contributed by atoms with Gasteiger partial charge in [-0.15, -0.1) is 11.8 Å². The maximum atomic E-state index is 9.57. The average Bonchev–Trinajstić information content (AvgIpc) is 3.33. The van der Waals surface area contributed by atoms with E-state index in [1.54, 1.807) is 11.8 Å². The van der Waals surface area contributed by atoms with Crippen LogP contribution in [0.25, 0.3) is 10.9 Å². The third-order valence-corrected chi connectivity index (χ3v) is 5.99. The Balaban J connectivity index is 1.71. The van der Waals surface area contributed by atoms with Gasteiger partial charge in [0.25, 0.3) is 0 Å². The molecule has 6 heteroatoms. The first-order chi connectivity index (χ1) is 11.8. The molecule has 128 valence electrons. The molecule has 1 aliphatic heterocycles. The summed E-state index contributed by atoms with van der Waals surface area (Å²) in [6, 6.07) is 6.69. The van der Waals surface area contributed by atoms with Gasteiger partial charge in [-0.2, -0.15) is 0 Å². The molecule has 0 saturated heterocycles. The van der Waals surface area contributed by atoms with E-state index in [-0.39, 0.29) is 19.3 Å². The van der Waals surface area contributed by atoms with Gasteiger partial charge < -0.3 is 20.5 Å². The van der Waals surface area contributed by atoms with Crippen molar-refractivity contribution in [1.82, 2.24) is 4.98 Å². The summed E-state index contributed by atoms with van der Waals surface area (Å²) in [6.07, 6.45) is 4.98. The van der Waals surface area contributed by atoms with E-state index in [4.69, 9.17) is 0 Å². The van der Waals surface area contributed by atoms with E-state index in [0.29, 0.717) is 6.04 Å². The van der Waals surface area contributed by atoms with Crippen molar-refractivity contribution in [3.63, 3.8) is 0 Å². The molecule has 1 aliphatic carbocycles. The molecule has 2 aliphatic rings. The standard InChI is InChI=1S/C18H23N3O2S/c22-8-11-5-12-7-16(18-20-14(9-23)10-24-18)21-17(12)15(6-11)19-13-3-1-2-4-13/h5-7,13-14,19,21-23H,1-4,8-10H2/t14-/m1/s1. The molecular formula is C18H23N3O2S. The van der Waals surface area contributed by atoms with Crippen molar-refractivity contribution in [3.8, 4) is 0 Å². The summed E-state index contributed by atoms with van der Waals surface area (Å²) >= 11 is 1.68. The number of rotatable bonds is 5. The predicted molar refractivity (Wildman–Crippen MR) is 100.0 cm³/mol. The van der Waals surface area contributed by atoms with Crippen molar-refractivity contribution >= 4 is 33.4 Å². The molecule has 2 aromatic rings. The van der Waals surface area contributed by atoms with Gasteiger partial charge in [0.05, 0.1) is 36.2 Å². The second-order valence-corrected chi connectivity index (χ2v) is 7.66. The SMILES string of the molecule is OCc1cc(NC2CCCC2)c2[nH]c(C3=N[C@H](CO)CS3)cc2c1. The van der Waals surface area contributed by atoms with Gasteiger partial charge in [-0.1, -0.05) is 12.8 Å². The number of hydrogen-bond donors (Lipinski definition) is 4. The van der Waals surface area contributed by atoms with Gasteiger partial charge in [0.2, 0.25) is 0 Å². The lowest BCUT2D eigenvalue weighted by Crippen LogP contribution is -2.15. The predicted octanol–water partition coefficient (Wildman–Crippen LogP) is 2.87. The summed E-state index contributed by atoms with van der Waals surface area (Å²) in [5.41, 5.74) is 4.06. The molecule has 0 bridgehead atoms. The maximum absolute atomic E-state index is 9.57. The monoisotopic (exact) mass is 345 g/mol. The number of H-pyrrole nitrogens is 1. The number of benzene rings is 1. The van der Waals surface area contributed by atoms with Crippen LogP contribution in [0.2, 0.25) is 0 Å². The fraction of sp³-hybridized carbons (Fsp3) is 0.500. The topological polar surface area (TPSA) is 80.6 Å². The number of nitrogens with one attached hydrogen (secondary N) is 2. The number of hydrogen-bond acceptors (Lipinski definition) is 5. The number of aliphatic imine (C=N–C) groups is 1. The summed E-state index contributed by atoms with van der Waals surface area (Å²) in [5, 5.41) is 24.6. The van der Waals surface area contributed by atoms with Gasteiger partial charge >= 0.3 is 0 Å². The molecule has 1 aromatic heterocycles. The van der Waals surface area contributed by atoms with Crippen LogP contribution in [0.15, 0.2) is 23.2 Å². The van der Waals surface area contributed by atoms with Crippen molar-refractivity contribution in [3.05, 3.63) is 29.5 Å². The summed E-state index contributed by atoms with van der Waals surface area (Å²) in [4.78, 5) is 8.07. The van der Waals surface area contributed by atoms with Crippen molar-refractivity contribution < 1.29 is 10.2 Å². The Labute approximate surface area is 145 Å². The molecule has 1 saturated carbocycles. The molecule has 5 nitrogen and oxygen atoms in total. The molecule has 1 fully saturated rings.